The molecule has 2 N–H and O–H groups in total. The van der Waals surface area contributed by atoms with Crippen molar-refractivity contribution in [3.63, 3.8) is 0 Å². The number of nitrogens with one attached hydrogen (secondary N) is 2. The highest BCUT2D eigenvalue weighted by Crippen LogP contribution is 2.37. The molecule has 7 nitrogen and oxygen atoms in total. The Labute approximate surface area is 186 Å². The molecule has 0 aliphatic heterocycles. The number of nitrogens with zero attached hydrogens (tertiary/aromatic N) is 4. The van der Waals surface area contributed by atoms with Crippen molar-refractivity contribution < 1.29 is 4.79 Å². The molecule has 0 aliphatic carbocycles. The summed E-state index contributed by atoms with van der Waals surface area (Å²) in [5, 5.41) is 9.67. The van der Waals surface area contributed by atoms with Crippen molar-refractivity contribution in [1.29, 1.82) is 0 Å². The van der Waals surface area contributed by atoms with Crippen LogP contribution in [0.3, 0.4) is 0 Å². The van der Waals surface area contributed by atoms with Crippen LogP contribution in [0.5, 0.6) is 0 Å². The minimum Gasteiger partial charge on any atom is -0.353 e. The number of benzene rings is 1. The van der Waals surface area contributed by atoms with Gasteiger partial charge >= 0.3 is 0 Å². The predicted molar refractivity (Wildman–Crippen MR) is 126 cm³/mol. The maximum atomic E-state index is 11.7. The van der Waals surface area contributed by atoms with Crippen LogP contribution in [-0.2, 0) is 0 Å². The molecular weight excluding hydrogens is 420 g/mol. The number of fused-ring (bicyclic) bond motifs is 2. The van der Waals surface area contributed by atoms with E-state index in [2.05, 4.69) is 42.3 Å². The van der Waals surface area contributed by atoms with E-state index in [0.29, 0.717) is 0 Å². The van der Waals surface area contributed by atoms with Crippen LogP contribution >= 0.6 is 11.3 Å². The zero-order chi connectivity index (χ0) is 21.7. The van der Waals surface area contributed by atoms with Crippen LogP contribution in [0.15, 0.2) is 67.4 Å². The van der Waals surface area contributed by atoms with Gasteiger partial charge in [0.05, 0.1) is 28.0 Å². The molecule has 0 aliphatic rings. The van der Waals surface area contributed by atoms with Gasteiger partial charge in [0.2, 0.25) is 0 Å². The normalized spacial score (nSPS) is 11.4. The zero-order valence-corrected chi connectivity index (χ0v) is 17.8. The first-order valence-corrected chi connectivity index (χ1v) is 10.8. The van der Waals surface area contributed by atoms with E-state index in [4.69, 9.17) is 0 Å². The van der Waals surface area contributed by atoms with Gasteiger partial charge in [-0.3, -0.25) is 14.9 Å². The molecule has 0 spiro atoms. The second-order valence-electron chi connectivity index (χ2n) is 7.48. The van der Waals surface area contributed by atoms with E-state index >= 15 is 0 Å². The third-order valence-electron chi connectivity index (χ3n) is 5.44. The fourth-order valence-corrected chi connectivity index (χ4v) is 4.82. The monoisotopic (exact) mass is 436 g/mol. The summed E-state index contributed by atoms with van der Waals surface area (Å²) in [4.78, 5) is 29.8. The van der Waals surface area contributed by atoms with Crippen LogP contribution in [0.2, 0.25) is 0 Å². The van der Waals surface area contributed by atoms with E-state index in [0.717, 1.165) is 59.8 Å². The molecule has 0 unspecified atom stereocenters. The number of ketones is 1. The standard InChI is InChI=1S/C24H16N6OS/c1-13(31)22-5-6-23(32-22)15-3-2-4-18-16(15)7-20(28-18)24-17-8-19(14-9-25-12-26-10-14)27-11-21(17)29-30-24/h2-12,28H,1H3,(H,29,30). The Bertz CT molecular complexity index is 1610. The van der Waals surface area contributed by atoms with Crippen molar-refractivity contribution in [1.82, 2.24) is 30.1 Å². The highest BCUT2D eigenvalue weighted by molar-refractivity contribution is 7.17. The number of H-pyrrole nitrogens is 2. The van der Waals surface area contributed by atoms with Crippen molar-refractivity contribution in [2.24, 2.45) is 0 Å². The van der Waals surface area contributed by atoms with Gasteiger partial charge in [-0.05, 0) is 37.3 Å². The summed E-state index contributed by atoms with van der Waals surface area (Å²) in [6, 6.07) is 14.1. The molecule has 0 radical (unpaired) electrons. The number of aromatic amines is 2. The van der Waals surface area contributed by atoms with E-state index in [9.17, 15) is 4.79 Å². The number of Topliss-reactive ketones (excluding diaryl/α,β-unsaturated/α-hetero) is 1. The molecule has 0 fully saturated rings. The van der Waals surface area contributed by atoms with Gasteiger partial charge in [0.25, 0.3) is 0 Å². The first kappa shape index (κ1) is 18.6. The van der Waals surface area contributed by atoms with Crippen LogP contribution in [0.25, 0.3) is 54.9 Å². The number of carbonyl (C=O) groups is 1. The second-order valence-corrected chi connectivity index (χ2v) is 8.57. The van der Waals surface area contributed by atoms with Gasteiger partial charge in [-0.1, -0.05) is 12.1 Å². The summed E-state index contributed by atoms with van der Waals surface area (Å²) in [7, 11) is 0. The van der Waals surface area contributed by atoms with Crippen molar-refractivity contribution >= 4 is 38.9 Å². The SMILES string of the molecule is CC(=O)c1ccc(-c2cccc3[nH]c(-c4n[nH]c5cnc(-c6cncnc6)cc45)cc23)s1. The molecule has 154 valence electrons. The maximum absolute atomic E-state index is 11.7. The van der Waals surface area contributed by atoms with E-state index in [1.807, 2.05) is 30.3 Å². The zero-order valence-electron chi connectivity index (χ0n) is 17.0. The lowest BCUT2D eigenvalue weighted by atomic mass is 10.1. The largest absolute Gasteiger partial charge is 0.353 e. The van der Waals surface area contributed by atoms with Crippen LogP contribution in [0, 0.1) is 0 Å². The van der Waals surface area contributed by atoms with Gasteiger partial charge in [0.1, 0.15) is 12.0 Å². The number of rotatable bonds is 4. The smallest absolute Gasteiger partial charge is 0.169 e. The Hall–Kier alpha value is -4.17. The Morgan fingerprint density at radius 1 is 0.969 bits per heavy atom. The van der Waals surface area contributed by atoms with Gasteiger partial charge in [0.15, 0.2) is 5.78 Å². The first-order chi connectivity index (χ1) is 15.7. The lowest BCUT2D eigenvalue weighted by Gasteiger charge is -2.00. The van der Waals surface area contributed by atoms with Crippen molar-refractivity contribution in [2.45, 2.75) is 6.92 Å². The molecule has 8 heteroatoms. The van der Waals surface area contributed by atoms with Crippen molar-refractivity contribution in [3.8, 4) is 33.1 Å². The Balaban J connectivity index is 1.49. The van der Waals surface area contributed by atoms with Crippen LogP contribution < -0.4 is 0 Å². The van der Waals surface area contributed by atoms with Crippen molar-refractivity contribution in [3.05, 3.63) is 72.3 Å². The second kappa shape index (κ2) is 7.21. The molecule has 0 bridgehead atoms. The molecule has 6 aromatic rings. The molecular formula is C24H16N6OS. The summed E-state index contributed by atoms with van der Waals surface area (Å²) < 4.78 is 0. The third kappa shape index (κ3) is 3.00. The Kier molecular flexibility index (Phi) is 4.19. The highest BCUT2D eigenvalue weighted by atomic mass is 32.1. The highest BCUT2D eigenvalue weighted by Gasteiger charge is 2.16. The molecule has 0 amide bonds. The van der Waals surface area contributed by atoms with Crippen LogP contribution in [0.4, 0.5) is 0 Å². The molecule has 1 aromatic carbocycles. The van der Waals surface area contributed by atoms with Crippen LogP contribution in [-0.4, -0.2) is 35.9 Å². The molecule has 5 aromatic heterocycles. The Morgan fingerprint density at radius 3 is 2.66 bits per heavy atom. The van der Waals surface area contributed by atoms with E-state index in [-0.39, 0.29) is 5.78 Å². The van der Waals surface area contributed by atoms with E-state index in [1.54, 1.807) is 25.5 Å². The Morgan fingerprint density at radius 2 is 1.84 bits per heavy atom. The van der Waals surface area contributed by atoms with Gasteiger partial charge in [-0.25, -0.2) is 9.97 Å². The number of thiophene rings is 1. The summed E-state index contributed by atoms with van der Waals surface area (Å²) in [6.45, 7) is 1.60. The maximum Gasteiger partial charge on any atom is 0.169 e. The van der Waals surface area contributed by atoms with Crippen molar-refractivity contribution in [2.75, 3.05) is 0 Å². The fraction of sp³-hybridized carbons (Fsp3) is 0.0417. The predicted octanol–water partition coefficient (Wildman–Crippen LogP) is 5.49. The quantitative estimate of drug-likeness (QED) is 0.356. The third-order valence-corrected chi connectivity index (χ3v) is 6.66. The van der Waals surface area contributed by atoms with Gasteiger partial charge in [0, 0.05) is 44.7 Å². The molecule has 32 heavy (non-hydrogen) atoms. The van der Waals surface area contributed by atoms with E-state index < -0.39 is 0 Å². The average Bonchev–Trinajstić information content (AvgIpc) is 3.56. The molecule has 6 rings (SSSR count). The topological polar surface area (TPSA) is 100 Å². The number of carbonyl (C=O) groups excluding carboxylic acids is 1. The van der Waals surface area contributed by atoms with Gasteiger partial charge < -0.3 is 4.98 Å². The average molecular weight is 437 g/mol. The van der Waals surface area contributed by atoms with Gasteiger partial charge in [-0.15, -0.1) is 11.3 Å². The van der Waals surface area contributed by atoms with Crippen LogP contribution in [0.1, 0.15) is 16.6 Å². The molecule has 5 heterocycles. The number of aromatic nitrogens is 6. The number of hydrogen-bond donors (Lipinski definition) is 2. The number of hydrogen-bond acceptors (Lipinski definition) is 6. The van der Waals surface area contributed by atoms with E-state index in [1.165, 1.54) is 17.7 Å². The minimum absolute atomic E-state index is 0.0828. The molecule has 0 saturated carbocycles. The summed E-state index contributed by atoms with van der Waals surface area (Å²) >= 11 is 1.51. The lowest BCUT2D eigenvalue weighted by Crippen LogP contribution is -1.86. The summed E-state index contributed by atoms with van der Waals surface area (Å²) in [5.41, 5.74) is 6.31. The first-order valence-electron chi connectivity index (χ1n) is 10.00. The molecule has 0 saturated heterocycles. The minimum atomic E-state index is 0.0828. The van der Waals surface area contributed by atoms with Gasteiger partial charge in [-0.2, -0.15) is 5.10 Å². The lowest BCUT2D eigenvalue weighted by molar-refractivity contribution is 0.102. The molecule has 0 atom stereocenters. The summed E-state index contributed by atoms with van der Waals surface area (Å²) in [6.07, 6.45) is 6.76. The fourth-order valence-electron chi connectivity index (χ4n) is 3.88. The summed E-state index contributed by atoms with van der Waals surface area (Å²) in [5.74, 6) is 0.0828. The number of pyridine rings is 1.